The van der Waals surface area contributed by atoms with Crippen LogP contribution in [0.25, 0.3) is 0 Å². The molecule has 116 heavy (non-hydrogen) atoms. The number of carboxylic acid groups (broad SMARTS) is 2. The highest BCUT2D eigenvalue weighted by atomic mass is 16.4. The van der Waals surface area contributed by atoms with Gasteiger partial charge in [-0.05, 0) is 174 Å². The largest absolute Gasteiger partial charge is 0.481 e. The zero-order valence-electron chi connectivity index (χ0n) is 67.7. The van der Waals surface area contributed by atoms with Crippen molar-refractivity contribution >= 4 is 112 Å². The maximum absolute atomic E-state index is 14.8. The van der Waals surface area contributed by atoms with Gasteiger partial charge in [0.2, 0.25) is 94.5 Å². The maximum atomic E-state index is 14.8. The summed E-state index contributed by atoms with van der Waals surface area (Å²) in [5, 5.41) is 47.3. The van der Waals surface area contributed by atoms with Crippen LogP contribution in [-0.2, 0) is 86.3 Å². The quantitative estimate of drug-likeness (QED) is 0.0153. The summed E-state index contributed by atoms with van der Waals surface area (Å²) in [5.74, 6) is -17.2. The molecule has 15 atom stereocenters. The first kappa shape index (κ1) is 99.8. The van der Waals surface area contributed by atoms with Crippen molar-refractivity contribution in [3.63, 3.8) is 0 Å². The molecular formula is C73H127N23O20. The van der Waals surface area contributed by atoms with Gasteiger partial charge >= 0.3 is 11.9 Å². The van der Waals surface area contributed by atoms with Crippen LogP contribution < -0.4 is 104 Å². The molecule has 43 heteroatoms. The predicted octanol–water partition coefficient (Wildman–Crippen LogP) is -7.09. The van der Waals surface area contributed by atoms with E-state index >= 15 is 0 Å². The van der Waals surface area contributed by atoms with Crippen LogP contribution in [0.3, 0.4) is 0 Å². The Hall–Kier alpha value is -10.4. The first-order valence-corrected chi connectivity index (χ1v) is 39.9. The number of carbonyl (C=O) groups is 18. The Bertz CT molecular complexity index is 3440. The van der Waals surface area contributed by atoms with Crippen molar-refractivity contribution in [1.29, 1.82) is 0 Å². The number of nitrogens with two attached hydrogens (primary N) is 8. The van der Waals surface area contributed by atoms with Crippen molar-refractivity contribution in [3.05, 3.63) is 0 Å². The molecule has 3 saturated heterocycles. The summed E-state index contributed by atoms with van der Waals surface area (Å²) in [4.78, 5) is 252. The number of nitrogens with one attached hydrogen (secondary N) is 11. The van der Waals surface area contributed by atoms with Crippen LogP contribution in [0.1, 0.15) is 196 Å². The number of nitrogens with zero attached hydrogens (tertiary/aromatic N) is 4. The third-order valence-corrected chi connectivity index (χ3v) is 20.1. The van der Waals surface area contributed by atoms with Crippen LogP contribution in [0.15, 0.2) is 4.99 Å². The van der Waals surface area contributed by atoms with Crippen LogP contribution in [0.5, 0.6) is 0 Å². The smallest absolute Gasteiger partial charge is 0.326 e. The molecule has 16 amide bonds. The van der Waals surface area contributed by atoms with Crippen molar-refractivity contribution in [2.45, 2.75) is 287 Å². The molecule has 3 fully saturated rings. The van der Waals surface area contributed by atoms with Gasteiger partial charge in [-0.1, -0.05) is 34.1 Å². The fourth-order valence-corrected chi connectivity index (χ4v) is 13.4. The topological polar surface area (TPSA) is 710 Å². The fourth-order valence-electron chi connectivity index (χ4n) is 13.4. The van der Waals surface area contributed by atoms with Gasteiger partial charge in [0.15, 0.2) is 5.96 Å². The normalized spacial score (nSPS) is 18.3. The average Bonchev–Trinajstić information content (AvgIpc) is 1.63. The summed E-state index contributed by atoms with van der Waals surface area (Å²) in [6.45, 7) is 11.2. The van der Waals surface area contributed by atoms with Crippen LogP contribution in [0, 0.1) is 11.8 Å². The highest BCUT2D eigenvalue weighted by molar-refractivity contribution is 6.01. The van der Waals surface area contributed by atoms with Crippen LogP contribution >= 0.6 is 0 Å². The van der Waals surface area contributed by atoms with Gasteiger partial charge in [-0.15, -0.1) is 0 Å². The van der Waals surface area contributed by atoms with Gasteiger partial charge in [0, 0.05) is 45.4 Å². The van der Waals surface area contributed by atoms with Crippen molar-refractivity contribution in [2.24, 2.45) is 62.7 Å². The number of guanidine groups is 1. The Labute approximate surface area is 674 Å². The van der Waals surface area contributed by atoms with Crippen molar-refractivity contribution in [2.75, 3.05) is 45.8 Å². The molecule has 0 bridgehead atoms. The molecule has 0 spiro atoms. The van der Waals surface area contributed by atoms with E-state index in [1.807, 2.05) is 0 Å². The third kappa shape index (κ3) is 33.4. The molecule has 3 aliphatic heterocycles. The molecule has 3 heterocycles. The molecule has 3 aliphatic rings. The summed E-state index contributed by atoms with van der Waals surface area (Å²) in [7, 11) is 0. The second kappa shape index (κ2) is 50.8. The minimum atomic E-state index is -1.54. The molecule has 0 saturated carbocycles. The second-order valence-electron chi connectivity index (χ2n) is 30.3. The monoisotopic (exact) mass is 1650 g/mol. The molecule has 654 valence electrons. The number of likely N-dealkylation sites (tertiary alicyclic amines) is 3. The highest BCUT2D eigenvalue weighted by Crippen LogP contribution is 2.26. The lowest BCUT2D eigenvalue weighted by molar-refractivity contribution is -0.145. The van der Waals surface area contributed by atoms with Crippen molar-refractivity contribution in [3.8, 4) is 0 Å². The molecule has 0 aromatic carbocycles. The summed E-state index contributed by atoms with van der Waals surface area (Å²) in [6.07, 6.45) is 1.64. The maximum Gasteiger partial charge on any atom is 0.326 e. The molecular weight excluding hydrogens is 1520 g/mol. The zero-order valence-corrected chi connectivity index (χ0v) is 67.7. The van der Waals surface area contributed by atoms with Crippen LogP contribution in [0.2, 0.25) is 0 Å². The molecule has 0 radical (unpaired) electrons. The lowest BCUT2D eigenvalue weighted by atomic mass is 10.0. The van der Waals surface area contributed by atoms with Crippen LogP contribution in [-0.4, -0.2) is 274 Å². The van der Waals surface area contributed by atoms with E-state index in [4.69, 9.17) is 45.9 Å². The summed E-state index contributed by atoms with van der Waals surface area (Å²) in [6, 6.07) is -19.9. The summed E-state index contributed by atoms with van der Waals surface area (Å²) in [5.41, 5.74) is 45.1. The number of carboxylic acids is 2. The minimum absolute atomic E-state index is 0.00650. The number of aliphatic imine (C=N–C) groups is 1. The Kier molecular flexibility index (Phi) is 43.7. The molecule has 43 nitrogen and oxygen atoms in total. The second-order valence-corrected chi connectivity index (χ2v) is 30.3. The van der Waals surface area contributed by atoms with E-state index in [9.17, 15) is 96.5 Å². The van der Waals surface area contributed by atoms with Gasteiger partial charge in [-0.3, -0.25) is 86.5 Å². The number of primary amides is 2. The molecule has 3 rings (SSSR count). The van der Waals surface area contributed by atoms with E-state index in [2.05, 4.69) is 63.5 Å². The Balaban J connectivity index is 1.82. The van der Waals surface area contributed by atoms with E-state index in [-0.39, 0.29) is 142 Å². The van der Waals surface area contributed by atoms with E-state index in [1.54, 1.807) is 27.7 Å². The molecule has 0 aromatic rings. The lowest BCUT2D eigenvalue weighted by Gasteiger charge is -2.33. The van der Waals surface area contributed by atoms with Gasteiger partial charge in [-0.25, -0.2) is 4.79 Å². The minimum Gasteiger partial charge on any atom is -0.481 e. The van der Waals surface area contributed by atoms with Gasteiger partial charge in [0.05, 0.1) is 6.04 Å². The molecule has 0 unspecified atom stereocenters. The molecule has 0 aliphatic carbocycles. The average molecular weight is 1650 g/mol. The lowest BCUT2D eigenvalue weighted by Crippen LogP contribution is -2.61. The first-order valence-electron chi connectivity index (χ1n) is 39.9. The number of hydrogen-bond acceptors (Lipinski definition) is 23. The van der Waals surface area contributed by atoms with E-state index < -0.39 is 222 Å². The van der Waals surface area contributed by atoms with Crippen molar-refractivity contribution in [1.82, 2.24) is 73.2 Å². The van der Waals surface area contributed by atoms with E-state index in [1.165, 1.54) is 35.5 Å². The number of hydrogen-bond donors (Lipinski definition) is 21. The summed E-state index contributed by atoms with van der Waals surface area (Å²) < 4.78 is 0. The van der Waals surface area contributed by atoms with Gasteiger partial charge in [0.25, 0.3) is 0 Å². The fraction of sp³-hybridized carbons (Fsp3) is 0.740. The van der Waals surface area contributed by atoms with Crippen molar-refractivity contribution < 1.29 is 96.5 Å². The Morgan fingerprint density at radius 1 is 0.362 bits per heavy atom. The molecule has 0 aromatic heterocycles. The SMILES string of the molecule is CC(C)[C@H](NC(=O)[C@H](CCCCN)NC(=O)[C@H](CCCN=C(N)N)NC(=O)[C@@H]1CCCN1C(=O)[C@H](CCCCN)NC(=O)[C@H](C)NC(=O)[C@H](CCC(N)=O)NC(=O)[C@@H]1CCCN1C(=O)[C@H](NC(=O)[C@@H]1CCCN1C(=O)[C@H](CCC(=O)O)NC(=O)[C@@H](N)CCCCN)C(C)C)C(=O)N[C@@H](C)C(=O)N[C@@H](C)C(=O)N[C@@H](CCC(N)=O)C(=O)O. The number of amides is 16. The molecule has 29 N–H and O–H groups in total. The van der Waals surface area contributed by atoms with Gasteiger partial charge < -0.3 is 129 Å². The third-order valence-electron chi connectivity index (χ3n) is 20.1. The highest BCUT2D eigenvalue weighted by Gasteiger charge is 2.45. The Morgan fingerprint density at radius 2 is 0.707 bits per heavy atom. The van der Waals surface area contributed by atoms with Gasteiger partial charge in [-0.2, -0.15) is 0 Å². The zero-order chi connectivity index (χ0) is 87.2. The number of rotatable bonds is 53. The van der Waals surface area contributed by atoms with E-state index in [0.717, 1.165) is 0 Å². The predicted molar refractivity (Wildman–Crippen MR) is 420 cm³/mol. The Morgan fingerprint density at radius 3 is 1.16 bits per heavy atom. The first-order chi connectivity index (χ1) is 54.7. The number of unbranched alkanes of at least 4 members (excludes halogenated alkanes) is 3. The number of carbonyl (C=O) groups excluding carboxylic acids is 16. The standard InChI is InChI=1S/C73H127N23O20/c1-38(2)56(68(111)85-40(5)58(101)83-41(6)60(103)91-49(72(115)116)26-29-54(79)98)92-64(107)44(19-9-12-32-75)86-63(106)45(21-14-34-82-73(80)81)87-65(108)50-22-15-35-94(50)69(112)47(20-10-13-33-76)89-59(102)42(7)84-62(105)46(25-28-53(78)97)88-66(109)51-23-17-37-96(51)71(114)57(39(3)4)93-67(110)52-24-16-36-95(52)70(113)48(27-30-55(99)100)90-61(104)43(77)18-8-11-31-74/h38-52,56-57H,8-37,74-77H2,1-7H3,(H2,78,97)(H2,79,98)(H,83,101)(H,84,105)(H,85,111)(H,86,106)(H,87,108)(H,88,109)(H,89,102)(H,90,104)(H,91,103)(H,92,107)(H,93,110)(H,99,100)(H,115,116)(H4,80,81,82)/t40-,41-,42-,43-,44-,45-,46-,47-,48-,49-,50-,51-,52-,56-,57+/m0/s1. The number of aliphatic carboxylic acids is 2. The summed E-state index contributed by atoms with van der Waals surface area (Å²) >= 11 is 0. The van der Waals surface area contributed by atoms with E-state index in [0.29, 0.717) is 45.1 Å². The van der Waals surface area contributed by atoms with Gasteiger partial charge in [0.1, 0.15) is 84.6 Å². The van der Waals surface area contributed by atoms with Crippen LogP contribution in [0.4, 0.5) is 0 Å².